The summed E-state index contributed by atoms with van der Waals surface area (Å²) in [4.78, 5) is 15.3. The highest BCUT2D eigenvalue weighted by Crippen LogP contribution is 2.17. The molecule has 2 aromatic heterocycles. The normalized spacial score (nSPS) is 10.1. The van der Waals surface area contributed by atoms with E-state index in [0.717, 1.165) is 0 Å². The molecule has 2 rings (SSSR count). The van der Waals surface area contributed by atoms with Crippen LogP contribution in [0.25, 0.3) is 11.5 Å². The summed E-state index contributed by atoms with van der Waals surface area (Å²) in [5, 5.41) is 7.32. The molecule has 6 nitrogen and oxygen atoms in total. The van der Waals surface area contributed by atoms with Crippen molar-refractivity contribution >= 4 is 5.97 Å². The summed E-state index contributed by atoms with van der Waals surface area (Å²) < 4.78 is 10.0. The van der Waals surface area contributed by atoms with Crippen LogP contribution in [0.15, 0.2) is 29.1 Å². The quantitative estimate of drug-likeness (QED) is 0.724. The van der Waals surface area contributed by atoms with Crippen molar-refractivity contribution in [3.05, 3.63) is 30.4 Å². The minimum atomic E-state index is -0.525. The predicted molar refractivity (Wildman–Crippen MR) is 53.5 cm³/mol. The van der Waals surface area contributed by atoms with Crippen molar-refractivity contribution in [2.75, 3.05) is 6.61 Å². The highest BCUT2D eigenvalue weighted by Gasteiger charge is 2.14. The van der Waals surface area contributed by atoms with Crippen molar-refractivity contribution in [3.8, 4) is 11.5 Å². The Morgan fingerprint density at radius 2 is 2.31 bits per heavy atom. The van der Waals surface area contributed by atoms with Gasteiger partial charge in [0.2, 0.25) is 11.7 Å². The standard InChI is InChI=1S/C10H9N3O3/c1-2-15-10(14)8-6-11-9(16-8)7-3-4-12-13-5-7/h3-6H,2H2,1H3. The first-order valence-corrected chi connectivity index (χ1v) is 4.71. The first-order valence-electron chi connectivity index (χ1n) is 4.71. The third-order valence-corrected chi connectivity index (χ3v) is 1.81. The van der Waals surface area contributed by atoms with E-state index in [2.05, 4.69) is 15.2 Å². The van der Waals surface area contributed by atoms with Crippen molar-refractivity contribution in [1.29, 1.82) is 0 Å². The molecule has 6 heteroatoms. The number of carbonyl (C=O) groups is 1. The first-order chi connectivity index (χ1) is 7.81. The number of carbonyl (C=O) groups excluding carboxylic acids is 1. The van der Waals surface area contributed by atoms with E-state index in [1.165, 1.54) is 18.6 Å². The van der Waals surface area contributed by atoms with Crippen molar-refractivity contribution in [1.82, 2.24) is 15.2 Å². The molecule has 0 N–H and O–H groups in total. The van der Waals surface area contributed by atoms with Gasteiger partial charge in [0.05, 0.1) is 30.8 Å². The minimum absolute atomic E-state index is 0.0775. The molecule has 0 saturated carbocycles. The SMILES string of the molecule is CCOC(=O)c1cnc(-c2ccnnc2)o1. The Balaban J connectivity index is 2.23. The summed E-state index contributed by atoms with van der Waals surface area (Å²) >= 11 is 0. The summed E-state index contributed by atoms with van der Waals surface area (Å²) in [5.74, 6) is -0.130. The van der Waals surface area contributed by atoms with Crippen LogP contribution in [0.4, 0.5) is 0 Å². The predicted octanol–water partition coefficient (Wildman–Crippen LogP) is 1.31. The molecular formula is C10H9N3O3. The van der Waals surface area contributed by atoms with Crippen LogP contribution < -0.4 is 0 Å². The maximum absolute atomic E-state index is 11.3. The Bertz CT molecular complexity index is 481. The number of aromatic nitrogens is 3. The maximum atomic E-state index is 11.3. The van der Waals surface area contributed by atoms with Crippen molar-refractivity contribution in [3.63, 3.8) is 0 Å². The van der Waals surface area contributed by atoms with Crippen LogP contribution in [0.3, 0.4) is 0 Å². The molecule has 0 amide bonds. The zero-order valence-electron chi connectivity index (χ0n) is 8.58. The molecule has 0 aliphatic heterocycles. The van der Waals surface area contributed by atoms with E-state index in [9.17, 15) is 4.79 Å². The first kappa shape index (κ1) is 10.3. The highest BCUT2D eigenvalue weighted by molar-refractivity contribution is 5.86. The molecule has 2 heterocycles. The fraction of sp³-hybridized carbons (Fsp3) is 0.200. The summed E-state index contributed by atoms with van der Waals surface area (Å²) in [6, 6.07) is 1.69. The van der Waals surface area contributed by atoms with Gasteiger partial charge in [-0.25, -0.2) is 9.78 Å². The van der Waals surface area contributed by atoms with Gasteiger partial charge in [0.1, 0.15) is 0 Å². The van der Waals surface area contributed by atoms with Crippen molar-refractivity contribution in [2.45, 2.75) is 6.92 Å². The van der Waals surface area contributed by atoms with E-state index in [1.54, 1.807) is 13.0 Å². The molecule has 0 bridgehead atoms. The number of rotatable bonds is 3. The lowest BCUT2D eigenvalue weighted by Gasteiger charge is -1.96. The van der Waals surface area contributed by atoms with Crippen molar-refractivity contribution < 1.29 is 13.9 Å². The number of nitrogens with zero attached hydrogens (tertiary/aromatic N) is 3. The lowest BCUT2D eigenvalue weighted by Crippen LogP contribution is -2.02. The lowest BCUT2D eigenvalue weighted by molar-refractivity contribution is 0.0491. The molecular weight excluding hydrogens is 210 g/mol. The average molecular weight is 219 g/mol. The third-order valence-electron chi connectivity index (χ3n) is 1.81. The third kappa shape index (κ3) is 2.05. The van der Waals surface area contributed by atoms with Crippen molar-refractivity contribution in [2.24, 2.45) is 0 Å². The van der Waals surface area contributed by atoms with Gasteiger partial charge in [0.25, 0.3) is 0 Å². The molecule has 16 heavy (non-hydrogen) atoms. The second-order valence-electron chi connectivity index (χ2n) is 2.88. The lowest BCUT2D eigenvalue weighted by atomic mass is 10.3. The van der Waals surface area contributed by atoms with E-state index < -0.39 is 5.97 Å². The summed E-state index contributed by atoms with van der Waals surface area (Å²) in [6.45, 7) is 2.02. The molecule has 0 fully saturated rings. The van der Waals surface area contributed by atoms with Crippen LogP contribution in [0.2, 0.25) is 0 Å². The molecule has 0 atom stereocenters. The highest BCUT2D eigenvalue weighted by atomic mass is 16.5. The average Bonchev–Trinajstić information content (AvgIpc) is 2.80. The summed E-state index contributed by atoms with van der Waals surface area (Å²) in [5.41, 5.74) is 0.658. The van der Waals surface area contributed by atoms with Crippen LogP contribution in [0.1, 0.15) is 17.5 Å². The fourth-order valence-electron chi connectivity index (χ4n) is 1.12. The summed E-state index contributed by atoms with van der Waals surface area (Å²) in [6.07, 6.45) is 4.35. The monoisotopic (exact) mass is 219 g/mol. The molecule has 0 aliphatic carbocycles. The van der Waals surface area contributed by atoms with Crippen LogP contribution in [-0.4, -0.2) is 27.8 Å². The Hall–Kier alpha value is -2.24. The number of hydrogen-bond donors (Lipinski definition) is 0. The second-order valence-corrected chi connectivity index (χ2v) is 2.88. The topological polar surface area (TPSA) is 78.1 Å². The molecule has 2 aromatic rings. The van der Waals surface area contributed by atoms with Gasteiger partial charge >= 0.3 is 5.97 Å². The van der Waals surface area contributed by atoms with E-state index in [0.29, 0.717) is 18.1 Å². The van der Waals surface area contributed by atoms with Crippen LogP contribution in [0.5, 0.6) is 0 Å². The Morgan fingerprint density at radius 3 is 3.00 bits per heavy atom. The van der Waals surface area contributed by atoms with E-state index >= 15 is 0 Å². The van der Waals surface area contributed by atoms with Gasteiger partial charge in [0.15, 0.2) is 0 Å². The number of oxazole rings is 1. The molecule has 82 valence electrons. The molecule has 0 radical (unpaired) electrons. The smallest absolute Gasteiger partial charge is 0.375 e. The van der Waals surface area contributed by atoms with Gasteiger partial charge in [-0.05, 0) is 13.0 Å². The molecule has 0 aliphatic rings. The van der Waals surface area contributed by atoms with Gasteiger partial charge in [-0.2, -0.15) is 10.2 Å². The Labute approximate surface area is 91.3 Å². The maximum Gasteiger partial charge on any atom is 0.375 e. The number of ether oxygens (including phenoxy) is 1. The molecule has 0 aromatic carbocycles. The van der Waals surface area contributed by atoms with E-state index in [1.807, 2.05) is 0 Å². The van der Waals surface area contributed by atoms with Gasteiger partial charge in [-0.3, -0.25) is 0 Å². The van der Waals surface area contributed by atoms with Crippen LogP contribution >= 0.6 is 0 Å². The van der Waals surface area contributed by atoms with Gasteiger partial charge in [0, 0.05) is 0 Å². The van der Waals surface area contributed by atoms with Crippen LogP contribution in [0, 0.1) is 0 Å². The van der Waals surface area contributed by atoms with E-state index in [4.69, 9.17) is 9.15 Å². The minimum Gasteiger partial charge on any atom is -0.460 e. The zero-order valence-corrected chi connectivity index (χ0v) is 8.58. The van der Waals surface area contributed by atoms with Gasteiger partial charge in [-0.1, -0.05) is 0 Å². The fourth-order valence-corrected chi connectivity index (χ4v) is 1.12. The number of esters is 1. The Kier molecular flexibility index (Phi) is 2.90. The van der Waals surface area contributed by atoms with Gasteiger partial charge in [-0.15, -0.1) is 0 Å². The second kappa shape index (κ2) is 4.52. The molecule has 0 saturated heterocycles. The zero-order chi connectivity index (χ0) is 11.4. The number of hydrogen-bond acceptors (Lipinski definition) is 6. The summed E-state index contributed by atoms with van der Waals surface area (Å²) in [7, 11) is 0. The van der Waals surface area contributed by atoms with Crippen LogP contribution in [-0.2, 0) is 4.74 Å². The largest absolute Gasteiger partial charge is 0.460 e. The molecule has 0 spiro atoms. The van der Waals surface area contributed by atoms with E-state index in [-0.39, 0.29) is 5.76 Å². The molecule has 0 unspecified atom stereocenters. The van der Waals surface area contributed by atoms with Gasteiger partial charge < -0.3 is 9.15 Å². The Morgan fingerprint density at radius 1 is 1.44 bits per heavy atom.